The van der Waals surface area contributed by atoms with E-state index in [-0.39, 0.29) is 0 Å². The molecule has 0 aliphatic carbocycles. The first kappa shape index (κ1) is 13.1. The van der Waals surface area contributed by atoms with Gasteiger partial charge in [0.25, 0.3) is 0 Å². The Bertz CT molecular complexity index is 758. The van der Waals surface area contributed by atoms with Gasteiger partial charge in [-0.1, -0.05) is 54.9 Å². The second kappa shape index (κ2) is 5.22. The van der Waals surface area contributed by atoms with Crippen molar-refractivity contribution in [1.82, 2.24) is 9.97 Å². The topological polar surface area (TPSA) is 25.8 Å². The maximum absolute atomic E-state index is 6.25. The number of fused-ring (bicyclic) bond motifs is 1. The molecule has 3 heteroatoms. The van der Waals surface area contributed by atoms with Gasteiger partial charge in [-0.2, -0.15) is 0 Å². The van der Waals surface area contributed by atoms with Crippen LogP contribution in [0.1, 0.15) is 18.2 Å². The van der Waals surface area contributed by atoms with Crippen LogP contribution in [0.2, 0.25) is 5.15 Å². The van der Waals surface area contributed by atoms with Gasteiger partial charge in [-0.15, -0.1) is 0 Å². The molecule has 0 spiro atoms. The average Bonchev–Trinajstić information content (AvgIpc) is 2.46. The average molecular weight is 283 g/mol. The third-order valence-corrected chi connectivity index (χ3v) is 3.84. The molecule has 0 unspecified atom stereocenters. The van der Waals surface area contributed by atoms with Gasteiger partial charge in [0.05, 0.1) is 0 Å². The minimum Gasteiger partial charge on any atom is -0.233 e. The molecule has 3 rings (SSSR count). The van der Waals surface area contributed by atoms with Crippen LogP contribution < -0.4 is 0 Å². The number of aryl methyl sites for hydroxylation is 1. The first-order chi connectivity index (χ1) is 9.69. The van der Waals surface area contributed by atoms with Crippen LogP contribution in [-0.4, -0.2) is 9.97 Å². The molecule has 0 fully saturated rings. The fourth-order valence-electron chi connectivity index (χ4n) is 2.42. The van der Waals surface area contributed by atoms with Crippen molar-refractivity contribution in [2.45, 2.75) is 20.3 Å². The summed E-state index contributed by atoms with van der Waals surface area (Å²) in [6.45, 7) is 4.05. The van der Waals surface area contributed by atoms with Crippen LogP contribution in [0.3, 0.4) is 0 Å². The molecule has 0 aliphatic rings. The van der Waals surface area contributed by atoms with Gasteiger partial charge in [-0.25, -0.2) is 9.97 Å². The van der Waals surface area contributed by atoms with Crippen LogP contribution in [0, 0.1) is 6.92 Å². The highest BCUT2D eigenvalue weighted by Crippen LogP contribution is 2.25. The predicted molar refractivity (Wildman–Crippen MR) is 84.1 cm³/mol. The van der Waals surface area contributed by atoms with E-state index in [1.807, 2.05) is 25.1 Å². The Kier molecular flexibility index (Phi) is 3.41. The molecule has 0 saturated heterocycles. The summed E-state index contributed by atoms with van der Waals surface area (Å²) >= 11 is 6.25. The number of halogens is 1. The molecule has 0 bridgehead atoms. The Morgan fingerprint density at radius 2 is 1.75 bits per heavy atom. The molecule has 0 radical (unpaired) electrons. The molecule has 0 aliphatic heterocycles. The van der Waals surface area contributed by atoms with E-state index in [9.17, 15) is 0 Å². The van der Waals surface area contributed by atoms with E-state index in [0.29, 0.717) is 11.0 Å². The van der Waals surface area contributed by atoms with Crippen molar-refractivity contribution in [2.75, 3.05) is 0 Å². The summed E-state index contributed by atoms with van der Waals surface area (Å²) in [6, 6.07) is 14.5. The van der Waals surface area contributed by atoms with Gasteiger partial charge in [0, 0.05) is 16.8 Å². The first-order valence-corrected chi connectivity index (χ1v) is 7.09. The highest BCUT2D eigenvalue weighted by molar-refractivity contribution is 6.30. The quantitative estimate of drug-likeness (QED) is 0.630. The molecule has 2 aromatic carbocycles. The van der Waals surface area contributed by atoms with Crippen LogP contribution in [0.5, 0.6) is 0 Å². The van der Waals surface area contributed by atoms with Crippen molar-refractivity contribution >= 4 is 22.4 Å². The molecule has 0 N–H and O–H groups in total. The molecule has 3 aromatic rings. The van der Waals surface area contributed by atoms with Crippen molar-refractivity contribution in [2.24, 2.45) is 0 Å². The summed E-state index contributed by atoms with van der Waals surface area (Å²) in [5.41, 5.74) is 2.98. The number of hydrogen-bond donors (Lipinski definition) is 0. The summed E-state index contributed by atoms with van der Waals surface area (Å²) in [5, 5.41) is 2.95. The summed E-state index contributed by atoms with van der Waals surface area (Å²) in [4.78, 5) is 9.02. The highest BCUT2D eigenvalue weighted by Gasteiger charge is 2.10. The zero-order valence-corrected chi connectivity index (χ0v) is 12.3. The molecule has 100 valence electrons. The Morgan fingerprint density at radius 3 is 2.45 bits per heavy atom. The van der Waals surface area contributed by atoms with E-state index >= 15 is 0 Å². The zero-order valence-electron chi connectivity index (χ0n) is 11.5. The maximum atomic E-state index is 6.25. The number of rotatable bonds is 2. The Labute approximate surface area is 123 Å². The fraction of sp³-hybridized carbons (Fsp3) is 0.176. The second-order valence-electron chi connectivity index (χ2n) is 4.82. The lowest BCUT2D eigenvalue weighted by molar-refractivity contribution is 1.00. The van der Waals surface area contributed by atoms with Crippen LogP contribution >= 0.6 is 11.6 Å². The molecule has 0 atom stereocenters. The van der Waals surface area contributed by atoms with Crippen LogP contribution in [-0.2, 0) is 6.42 Å². The zero-order chi connectivity index (χ0) is 14.1. The minimum absolute atomic E-state index is 0.558. The second-order valence-corrected chi connectivity index (χ2v) is 5.18. The van der Waals surface area contributed by atoms with Crippen molar-refractivity contribution in [3.8, 4) is 11.4 Å². The Balaban J connectivity index is 2.15. The smallest absolute Gasteiger partial charge is 0.161 e. The number of hydrogen-bond acceptors (Lipinski definition) is 2. The number of aromatic nitrogens is 2. The summed E-state index contributed by atoms with van der Waals surface area (Å²) in [7, 11) is 0. The molecule has 1 aromatic heterocycles. The highest BCUT2D eigenvalue weighted by atomic mass is 35.5. The molecular formula is C17H15ClN2. The lowest BCUT2D eigenvalue weighted by Crippen LogP contribution is -1.99. The first-order valence-electron chi connectivity index (χ1n) is 6.71. The third kappa shape index (κ3) is 2.27. The Hall–Kier alpha value is -1.93. The standard InChI is InChI=1S/C17H15ClN2/c1-3-15-11(2)19-17(20-16(15)18)14-9-8-12-6-4-5-7-13(12)10-14/h4-10H,3H2,1-2H3. The van der Waals surface area contributed by atoms with Gasteiger partial charge in [-0.05, 0) is 30.2 Å². The van der Waals surface area contributed by atoms with E-state index in [4.69, 9.17) is 11.6 Å². The monoisotopic (exact) mass is 282 g/mol. The summed E-state index contributed by atoms with van der Waals surface area (Å²) in [5.74, 6) is 0.690. The van der Waals surface area contributed by atoms with Crippen molar-refractivity contribution < 1.29 is 0 Å². The van der Waals surface area contributed by atoms with Gasteiger partial charge in [0.2, 0.25) is 0 Å². The molecule has 20 heavy (non-hydrogen) atoms. The van der Waals surface area contributed by atoms with Crippen LogP contribution in [0.15, 0.2) is 42.5 Å². The number of nitrogens with zero attached hydrogens (tertiary/aromatic N) is 2. The lowest BCUT2D eigenvalue weighted by atomic mass is 10.1. The summed E-state index contributed by atoms with van der Waals surface area (Å²) < 4.78 is 0. The maximum Gasteiger partial charge on any atom is 0.161 e. The van der Waals surface area contributed by atoms with E-state index in [1.165, 1.54) is 10.8 Å². The van der Waals surface area contributed by atoms with Gasteiger partial charge in [-0.3, -0.25) is 0 Å². The largest absolute Gasteiger partial charge is 0.233 e. The van der Waals surface area contributed by atoms with Crippen molar-refractivity contribution in [1.29, 1.82) is 0 Å². The molecule has 0 saturated carbocycles. The molecule has 0 amide bonds. The third-order valence-electron chi connectivity index (χ3n) is 3.52. The molecule has 1 heterocycles. The van der Waals surface area contributed by atoms with E-state index in [0.717, 1.165) is 23.2 Å². The van der Waals surface area contributed by atoms with Crippen LogP contribution in [0.4, 0.5) is 0 Å². The van der Waals surface area contributed by atoms with Crippen molar-refractivity contribution in [3.05, 3.63) is 58.9 Å². The van der Waals surface area contributed by atoms with Gasteiger partial charge in [0.1, 0.15) is 5.15 Å². The van der Waals surface area contributed by atoms with Crippen LogP contribution in [0.25, 0.3) is 22.2 Å². The Morgan fingerprint density at radius 1 is 1.00 bits per heavy atom. The summed E-state index contributed by atoms with van der Waals surface area (Å²) in [6.07, 6.45) is 0.850. The fourth-order valence-corrected chi connectivity index (χ4v) is 2.77. The molecule has 2 nitrogen and oxygen atoms in total. The van der Waals surface area contributed by atoms with Gasteiger partial charge >= 0.3 is 0 Å². The SMILES string of the molecule is CCc1c(C)nc(-c2ccc3ccccc3c2)nc1Cl. The van der Waals surface area contributed by atoms with Gasteiger partial charge in [0.15, 0.2) is 5.82 Å². The van der Waals surface area contributed by atoms with Crippen molar-refractivity contribution in [3.63, 3.8) is 0 Å². The van der Waals surface area contributed by atoms with E-state index < -0.39 is 0 Å². The van der Waals surface area contributed by atoms with Gasteiger partial charge < -0.3 is 0 Å². The van der Waals surface area contributed by atoms with E-state index in [2.05, 4.69) is 41.2 Å². The minimum atomic E-state index is 0.558. The normalized spacial score (nSPS) is 10.9. The lowest BCUT2D eigenvalue weighted by Gasteiger charge is -2.08. The predicted octanol–water partition coefficient (Wildman–Crippen LogP) is 4.82. The van der Waals surface area contributed by atoms with E-state index in [1.54, 1.807) is 0 Å². The number of benzene rings is 2. The molecular weight excluding hydrogens is 268 g/mol.